The predicted octanol–water partition coefficient (Wildman–Crippen LogP) is 1.83. The number of amides is 1. The molecule has 1 aromatic carbocycles. The van der Waals surface area contributed by atoms with Crippen LogP contribution in [0.2, 0.25) is 0 Å². The van der Waals surface area contributed by atoms with Gasteiger partial charge in [-0.15, -0.1) is 0 Å². The zero-order chi connectivity index (χ0) is 13.3. The molecule has 3 rings (SSSR count). The Morgan fingerprint density at radius 3 is 2.68 bits per heavy atom. The number of carbonyl (C=O) groups excluding carboxylic acids is 1. The van der Waals surface area contributed by atoms with E-state index in [4.69, 9.17) is 0 Å². The molecule has 0 bridgehead atoms. The van der Waals surface area contributed by atoms with Crippen LogP contribution in [0.3, 0.4) is 0 Å². The van der Waals surface area contributed by atoms with Crippen LogP contribution in [0.5, 0.6) is 0 Å². The van der Waals surface area contributed by atoms with E-state index in [2.05, 4.69) is 29.7 Å². The van der Waals surface area contributed by atoms with Crippen LogP contribution in [0.1, 0.15) is 31.7 Å². The van der Waals surface area contributed by atoms with Crippen molar-refractivity contribution >= 4 is 5.91 Å². The Bertz CT molecular complexity index is 447. The quantitative estimate of drug-likeness (QED) is 0.865. The average molecular weight is 258 g/mol. The Morgan fingerprint density at radius 1 is 1.37 bits per heavy atom. The van der Waals surface area contributed by atoms with Gasteiger partial charge in [-0.2, -0.15) is 0 Å². The lowest BCUT2D eigenvalue weighted by Crippen LogP contribution is -2.44. The van der Waals surface area contributed by atoms with E-state index >= 15 is 0 Å². The van der Waals surface area contributed by atoms with Gasteiger partial charge >= 0.3 is 0 Å². The van der Waals surface area contributed by atoms with E-state index in [0.29, 0.717) is 5.92 Å². The molecule has 2 atom stereocenters. The van der Waals surface area contributed by atoms with Gasteiger partial charge in [-0.05, 0) is 50.8 Å². The minimum absolute atomic E-state index is 0.220. The molecule has 2 N–H and O–H groups in total. The zero-order valence-electron chi connectivity index (χ0n) is 11.5. The Labute approximate surface area is 114 Å². The van der Waals surface area contributed by atoms with Crippen LogP contribution in [0, 0.1) is 5.92 Å². The van der Waals surface area contributed by atoms with Crippen LogP contribution in [-0.2, 0) is 10.2 Å². The molecule has 0 radical (unpaired) electrons. The van der Waals surface area contributed by atoms with Crippen LogP contribution in [0.4, 0.5) is 0 Å². The van der Waals surface area contributed by atoms with Crippen molar-refractivity contribution in [3.05, 3.63) is 35.9 Å². The summed E-state index contributed by atoms with van der Waals surface area (Å²) in [5.74, 6) is 0.800. The van der Waals surface area contributed by atoms with Gasteiger partial charge in [0.1, 0.15) is 0 Å². The summed E-state index contributed by atoms with van der Waals surface area (Å²) in [6.45, 7) is 4.24. The molecule has 2 fully saturated rings. The number of hydrogen-bond acceptors (Lipinski definition) is 2. The van der Waals surface area contributed by atoms with Gasteiger partial charge < -0.3 is 10.6 Å². The summed E-state index contributed by atoms with van der Waals surface area (Å²) in [6.07, 6.45) is 3.14. The second-order valence-corrected chi connectivity index (χ2v) is 5.96. The summed E-state index contributed by atoms with van der Waals surface area (Å²) in [5.41, 5.74) is 0.936. The zero-order valence-corrected chi connectivity index (χ0v) is 11.5. The third kappa shape index (κ3) is 2.39. The topological polar surface area (TPSA) is 41.1 Å². The molecule has 1 saturated heterocycles. The monoisotopic (exact) mass is 258 g/mol. The van der Waals surface area contributed by atoms with E-state index in [1.807, 2.05) is 18.2 Å². The van der Waals surface area contributed by atoms with Crippen LogP contribution in [0.25, 0.3) is 0 Å². The number of carbonyl (C=O) groups is 1. The highest BCUT2D eigenvalue weighted by Gasteiger charge is 2.51. The molecule has 3 heteroatoms. The van der Waals surface area contributed by atoms with Crippen LogP contribution in [0.15, 0.2) is 30.3 Å². The van der Waals surface area contributed by atoms with E-state index in [0.717, 1.165) is 25.9 Å². The lowest BCUT2D eigenvalue weighted by molar-refractivity contribution is -0.124. The highest BCUT2D eigenvalue weighted by atomic mass is 16.2. The molecule has 2 unspecified atom stereocenters. The summed E-state index contributed by atoms with van der Waals surface area (Å²) in [5, 5.41) is 6.61. The van der Waals surface area contributed by atoms with Crippen molar-refractivity contribution in [2.24, 2.45) is 5.92 Å². The molecule has 19 heavy (non-hydrogen) atoms. The maximum absolute atomic E-state index is 12.6. The molecule has 1 heterocycles. The molecule has 1 aliphatic heterocycles. The molecule has 102 valence electrons. The first kappa shape index (κ1) is 12.7. The fraction of sp³-hybridized carbons (Fsp3) is 0.562. The van der Waals surface area contributed by atoms with Crippen molar-refractivity contribution in [3.63, 3.8) is 0 Å². The highest BCUT2D eigenvalue weighted by Crippen LogP contribution is 2.48. The van der Waals surface area contributed by atoms with E-state index in [-0.39, 0.29) is 17.4 Å². The average Bonchev–Trinajstić information content (AvgIpc) is 3.07. The first-order chi connectivity index (χ1) is 9.22. The van der Waals surface area contributed by atoms with Gasteiger partial charge in [-0.25, -0.2) is 0 Å². The van der Waals surface area contributed by atoms with Gasteiger partial charge in [0.15, 0.2) is 0 Å². The fourth-order valence-corrected chi connectivity index (χ4v) is 3.10. The van der Waals surface area contributed by atoms with Crippen molar-refractivity contribution in [2.75, 3.05) is 13.1 Å². The minimum atomic E-state index is -0.235. The number of benzene rings is 1. The molecule has 1 aliphatic carbocycles. The second-order valence-electron chi connectivity index (χ2n) is 5.96. The van der Waals surface area contributed by atoms with Crippen molar-refractivity contribution in [2.45, 2.75) is 37.6 Å². The Hall–Kier alpha value is -1.35. The van der Waals surface area contributed by atoms with E-state index in [9.17, 15) is 4.79 Å². The molecule has 1 aromatic rings. The van der Waals surface area contributed by atoms with Crippen molar-refractivity contribution in [3.8, 4) is 0 Å². The first-order valence-electron chi connectivity index (χ1n) is 7.29. The molecular formula is C16H22N2O. The van der Waals surface area contributed by atoms with Crippen molar-refractivity contribution < 1.29 is 4.79 Å². The molecular weight excluding hydrogens is 236 g/mol. The van der Waals surface area contributed by atoms with Crippen LogP contribution >= 0.6 is 0 Å². The Kier molecular flexibility index (Phi) is 3.31. The Balaban J connectivity index is 1.67. The summed E-state index contributed by atoms with van der Waals surface area (Å²) in [4.78, 5) is 12.6. The third-order valence-electron chi connectivity index (χ3n) is 4.68. The predicted molar refractivity (Wildman–Crippen MR) is 75.9 cm³/mol. The summed E-state index contributed by atoms with van der Waals surface area (Å²) < 4.78 is 0. The molecule has 0 spiro atoms. The van der Waals surface area contributed by atoms with Gasteiger partial charge in [0, 0.05) is 6.04 Å². The SMILES string of the molecule is CC(NC(=O)C1(c2ccccc2)CC1)C1CCNC1. The summed E-state index contributed by atoms with van der Waals surface area (Å²) in [6, 6.07) is 10.5. The van der Waals surface area contributed by atoms with Gasteiger partial charge in [0.25, 0.3) is 0 Å². The normalized spacial score (nSPS) is 25.8. The molecule has 0 aromatic heterocycles. The molecule has 3 nitrogen and oxygen atoms in total. The van der Waals surface area contributed by atoms with E-state index < -0.39 is 0 Å². The molecule has 2 aliphatic rings. The van der Waals surface area contributed by atoms with Crippen molar-refractivity contribution in [1.82, 2.24) is 10.6 Å². The highest BCUT2D eigenvalue weighted by molar-refractivity contribution is 5.91. The van der Waals surface area contributed by atoms with Crippen LogP contribution < -0.4 is 10.6 Å². The lowest BCUT2D eigenvalue weighted by atomic mass is 9.93. The van der Waals surface area contributed by atoms with Gasteiger partial charge in [-0.1, -0.05) is 30.3 Å². The van der Waals surface area contributed by atoms with E-state index in [1.54, 1.807) is 0 Å². The largest absolute Gasteiger partial charge is 0.353 e. The van der Waals surface area contributed by atoms with Gasteiger partial charge in [-0.3, -0.25) is 4.79 Å². The molecule has 1 amide bonds. The fourth-order valence-electron chi connectivity index (χ4n) is 3.10. The summed E-state index contributed by atoms with van der Waals surface area (Å²) in [7, 11) is 0. The maximum Gasteiger partial charge on any atom is 0.230 e. The third-order valence-corrected chi connectivity index (χ3v) is 4.68. The standard InChI is InChI=1S/C16H22N2O/c1-12(13-7-10-17-11-13)18-15(19)16(8-9-16)14-5-3-2-4-6-14/h2-6,12-13,17H,7-11H2,1H3,(H,18,19). The van der Waals surface area contributed by atoms with Crippen molar-refractivity contribution in [1.29, 1.82) is 0 Å². The number of rotatable bonds is 4. The van der Waals surface area contributed by atoms with Crippen LogP contribution in [-0.4, -0.2) is 25.0 Å². The lowest BCUT2D eigenvalue weighted by Gasteiger charge is -2.23. The molecule has 1 saturated carbocycles. The Morgan fingerprint density at radius 2 is 2.11 bits per heavy atom. The summed E-state index contributed by atoms with van der Waals surface area (Å²) >= 11 is 0. The van der Waals surface area contributed by atoms with Gasteiger partial charge in [0.05, 0.1) is 5.41 Å². The number of hydrogen-bond donors (Lipinski definition) is 2. The maximum atomic E-state index is 12.6. The smallest absolute Gasteiger partial charge is 0.230 e. The van der Waals surface area contributed by atoms with E-state index in [1.165, 1.54) is 12.0 Å². The second kappa shape index (κ2) is 4.97. The minimum Gasteiger partial charge on any atom is -0.353 e. The van der Waals surface area contributed by atoms with Gasteiger partial charge in [0.2, 0.25) is 5.91 Å². The number of nitrogens with one attached hydrogen (secondary N) is 2. The first-order valence-corrected chi connectivity index (χ1v) is 7.29.